The largest absolute Gasteiger partial charge is 0.392 e. The van der Waals surface area contributed by atoms with Crippen LogP contribution in [0.2, 0.25) is 5.02 Å². The number of carbonyl (C=O) groups excluding carboxylic acids is 1. The van der Waals surface area contributed by atoms with Gasteiger partial charge in [0.25, 0.3) is 5.91 Å². The van der Waals surface area contributed by atoms with E-state index in [2.05, 4.69) is 10.6 Å². The summed E-state index contributed by atoms with van der Waals surface area (Å²) in [5.41, 5.74) is 1.90. The van der Waals surface area contributed by atoms with E-state index >= 15 is 0 Å². The molecule has 2 aliphatic carbocycles. The maximum absolute atomic E-state index is 12.8. The molecular weight excluding hydrogens is 384 g/mol. The monoisotopic (exact) mass is 420 g/mol. The molecule has 2 fully saturated rings. The van der Waals surface area contributed by atoms with Crippen LogP contribution in [-0.2, 0) is 6.42 Å². The lowest BCUT2D eigenvalue weighted by atomic mass is 9.62. The fourth-order valence-corrected chi connectivity index (χ4v) is 5.28. The Morgan fingerprint density at radius 3 is 2.72 bits per heavy atom. The van der Waals surface area contributed by atoms with Gasteiger partial charge in [-0.1, -0.05) is 57.7 Å². The van der Waals surface area contributed by atoms with Crippen molar-refractivity contribution in [2.24, 2.45) is 11.3 Å². The summed E-state index contributed by atoms with van der Waals surface area (Å²) in [4.78, 5) is 12.8. The Bertz CT molecular complexity index is 654. The smallest absolute Gasteiger partial charge is 0.252 e. The van der Waals surface area contributed by atoms with Crippen molar-refractivity contribution in [1.82, 2.24) is 10.6 Å². The molecule has 2 radical (unpaired) electrons. The Balaban J connectivity index is 0.00000300. The van der Waals surface area contributed by atoms with E-state index in [1.54, 1.807) is 6.07 Å². The Morgan fingerprint density at radius 2 is 2.03 bits per heavy atom. The number of nitrogens with one attached hydrogen (secondary N) is 2. The second-order valence-electron chi connectivity index (χ2n) is 8.85. The van der Waals surface area contributed by atoms with E-state index in [1.807, 2.05) is 19.1 Å². The summed E-state index contributed by atoms with van der Waals surface area (Å²) in [7, 11) is 0. The van der Waals surface area contributed by atoms with E-state index in [0.29, 0.717) is 29.0 Å². The summed E-state index contributed by atoms with van der Waals surface area (Å²) in [6.45, 7) is 4.24. The van der Waals surface area contributed by atoms with Gasteiger partial charge < -0.3 is 15.7 Å². The zero-order valence-electron chi connectivity index (χ0n) is 17.8. The van der Waals surface area contributed by atoms with E-state index in [4.69, 9.17) is 11.6 Å². The van der Waals surface area contributed by atoms with Gasteiger partial charge in [0.15, 0.2) is 0 Å². The molecule has 0 spiro atoms. The number of hydrogen-bond acceptors (Lipinski definition) is 3. The molecule has 5 heteroatoms. The molecule has 1 amide bonds. The number of hydrogen-bond donors (Lipinski definition) is 3. The summed E-state index contributed by atoms with van der Waals surface area (Å²) in [5, 5.41) is 16.9. The third-order valence-electron chi connectivity index (χ3n) is 6.66. The zero-order chi connectivity index (χ0) is 20.0. The third-order valence-corrected chi connectivity index (χ3v) is 6.99. The molecule has 0 unspecified atom stereocenters. The van der Waals surface area contributed by atoms with Crippen LogP contribution in [-0.4, -0.2) is 36.8 Å². The van der Waals surface area contributed by atoms with E-state index in [9.17, 15) is 9.90 Å². The first kappa shape index (κ1) is 24.2. The van der Waals surface area contributed by atoms with Crippen LogP contribution in [0.4, 0.5) is 0 Å². The lowest BCUT2D eigenvalue weighted by Crippen LogP contribution is -2.43. The highest BCUT2D eigenvalue weighted by Gasteiger charge is 2.39. The lowest BCUT2D eigenvalue weighted by Gasteiger charge is -2.45. The highest BCUT2D eigenvalue weighted by Crippen LogP contribution is 2.48. The summed E-state index contributed by atoms with van der Waals surface area (Å²) in [6.07, 6.45) is 10.1. The topological polar surface area (TPSA) is 61.4 Å². The van der Waals surface area contributed by atoms with Gasteiger partial charge in [0.05, 0.1) is 16.7 Å². The van der Waals surface area contributed by atoms with Gasteiger partial charge in [-0.3, -0.25) is 4.79 Å². The van der Waals surface area contributed by atoms with E-state index in [0.717, 1.165) is 31.0 Å². The van der Waals surface area contributed by atoms with E-state index in [-0.39, 0.29) is 19.4 Å². The fraction of sp³-hybridized carbons (Fsp3) is 0.667. The van der Waals surface area contributed by atoms with Crippen molar-refractivity contribution in [3.63, 3.8) is 0 Å². The molecule has 1 atom stereocenters. The Labute approximate surface area is 181 Å². The number of benzene rings is 1. The molecule has 2 saturated carbocycles. The van der Waals surface area contributed by atoms with Crippen LogP contribution < -0.4 is 10.6 Å². The van der Waals surface area contributed by atoms with Crippen molar-refractivity contribution in [1.29, 1.82) is 0 Å². The summed E-state index contributed by atoms with van der Waals surface area (Å²) >= 11 is 6.33. The molecule has 162 valence electrons. The Morgan fingerprint density at radius 1 is 1.31 bits per heavy atom. The predicted molar refractivity (Wildman–Crippen MR) is 120 cm³/mol. The third kappa shape index (κ3) is 6.70. The average molecular weight is 421 g/mol. The SMILES string of the molecule is CCNC[C@@H](O)CCc1ccc(Cl)c(C(=O)NCC23CCCC(CCC2)C3)c1.[CH2]. The van der Waals surface area contributed by atoms with Crippen LogP contribution in [0.5, 0.6) is 0 Å². The van der Waals surface area contributed by atoms with Crippen molar-refractivity contribution in [2.45, 2.75) is 70.8 Å². The van der Waals surface area contributed by atoms with Crippen LogP contribution in [0, 0.1) is 18.8 Å². The molecule has 2 bridgehead atoms. The quantitative estimate of drug-likeness (QED) is 0.544. The molecular formula is C24H37ClN2O2. The number of aliphatic hydroxyl groups is 1. The molecule has 29 heavy (non-hydrogen) atoms. The minimum absolute atomic E-state index is 0. The van der Waals surface area contributed by atoms with E-state index < -0.39 is 0 Å². The van der Waals surface area contributed by atoms with Crippen molar-refractivity contribution < 1.29 is 9.90 Å². The first-order valence-corrected chi connectivity index (χ1v) is 11.3. The van der Waals surface area contributed by atoms with Crippen LogP contribution in [0.3, 0.4) is 0 Å². The number of aryl methyl sites for hydroxylation is 1. The number of aliphatic hydroxyl groups excluding tert-OH is 1. The van der Waals surface area contributed by atoms with Crippen molar-refractivity contribution in [2.75, 3.05) is 19.6 Å². The summed E-state index contributed by atoms with van der Waals surface area (Å²) in [5.74, 6) is 0.794. The highest BCUT2D eigenvalue weighted by atomic mass is 35.5. The summed E-state index contributed by atoms with van der Waals surface area (Å²) in [6, 6.07) is 5.64. The molecule has 0 heterocycles. The van der Waals surface area contributed by atoms with Crippen molar-refractivity contribution >= 4 is 17.5 Å². The molecule has 4 nitrogen and oxygen atoms in total. The highest BCUT2D eigenvalue weighted by molar-refractivity contribution is 6.33. The molecule has 0 aromatic heterocycles. The van der Waals surface area contributed by atoms with Gasteiger partial charge in [0.2, 0.25) is 0 Å². The molecule has 3 rings (SSSR count). The van der Waals surface area contributed by atoms with Crippen LogP contribution >= 0.6 is 11.6 Å². The lowest BCUT2D eigenvalue weighted by molar-refractivity contribution is 0.0681. The van der Waals surface area contributed by atoms with Crippen LogP contribution in [0.25, 0.3) is 0 Å². The molecule has 1 aromatic rings. The van der Waals surface area contributed by atoms with Crippen molar-refractivity contribution in [3.05, 3.63) is 41.8 Å². The molecule has 0 aliphatic heterocycles. The maximum atomic E-state index is 12.8. The van der Waals surface area contributed by atoms with Gasteiger partial charge in [-0.2, -0.15) is 0 Å². The number of carbonyl (C=O) groups is 1. The Kier molecular flexibility index (Phi) is 9.45. The van der Waals surface area contributed by atoms with Gasteiger partial charge in [0.1, 0.15) is 0 Å². The fourth-order valence-electron chi connectivity index (χ4n) is 5.08. The molecule has 0 saturated heterocycles. The van der Waals surface area contributed by atoms with Crippen LogP contribution in [0.15, 0.2) is 18.2 Å². The predicted octanol–water partition coefficient (Wildman–Crippen LogP) is 4.66. The normalized spacial score (nSPS) is 24.4. The number of fused-ring (bicyclic) bond motifs is 2. The van der Waals surface area contributed by atoms with Gasteiger partial charge >= 0.3 is 0 Å². The second kappa shape index (κ2) is 11.3. The molecule has 2 aliphatic rings. The van der Waals surface area contributed by atoms with Gasteiger partial charge in [0, 0.05) is 13.1 Å². The van der Waals surface area contributed by atoms with Crippen LogP contribution in [0.1, 0.15) is 74.2 Å². The van der Waals surface area contributed by atoms with Crippen molar-refractivity contribution in [3.8, 4) is 0 Å². The standard InChI is InChI=1S/C23H35ClN2O2.CH2/c1-2-25-15-19(27)9-7-17-8-10-21(24)20(13-17)22(28)26-16-23-11-3-5-18(14-23)6-4-12-23;/h8,10,13,18-19,25,27H,2-7,9,11-12,14-16H2,1H3,(H,26,28);1H2/t18?,19-,23?;/m0./s1. The van der Waals surface area contributed by atoms with E-state index in [1.165, 1.54) is 44.9 Å². The maximum Gasteiger partial charge on any atom is 0.252 e. The second-order valence-corrected chi connectivity index (χ2v) is 9.26. The minimum atomic E-state index is -0.377. The van der Waals surface area contributed by atoms with Gasteiger partial charge in [-0.05, 0) is 67.7 Å². The summed E-state index contributed by atoms with van der Waals surface area (Å²) < 4.78 is 0. The van der Waals surface area contributed by atoms with Gasteiger partial charge in [-0.15, -0.1) is 0 Å². The number of likely N-dealkylation sites (N-methyl/N-ethyl adjacent to an activating group) is 1. The number of halogens is 1. The molecule has 3 N–H and O–H groups in total. The Hall–Kier alpha value is -1.10. The first-order chi connectivity index (χ1) is 13.5. The average Bonchev–Trinajstić information content (AvgIpc) is 2.70. The minimum Gasteiger partial charge on any atom is -0.392 e. The number of amides is 1. The van der Waals surface area contributed by atoms with Gasteiger partial charge in [-0.25, -0.2) is 0 Å². The molecule has 1 aromatic carbocycles. The first-order valence-electron chi connectivity index (χ1n) is 11.0. The number of rotatable bonds is 9. The zero-order valence-corrected chi connectivity index (χ0v) is 18.6.